The minimum Gasteiger partial charge on any atom is -0.481 e. The van der Waals surface area contributed by atoms with Gasteiger partial charge in [0.15, 0.2) is 5.60 Å². The van der Waals surface area contributed by atoms with Gasteiger partial charge < -0.3 is 30.1 Å². The van der Waals surface area contributed by atoms with E-state index in [1.807, 2.05) is 0 Å². The van der Waals surface area contributed by atoms with Crippen LogP contribution in [0.15, 0.2) is 0 Å². The number of nitrogens with one attached hydrogen (secondary N) is 1. The number of esters is 2. The van der Waals surface area contributed by atoms with Crippen molar-refractivity contribution < 1.29 is 48.8 Å². The molecule has 0 aliphatic heterocycles. The van der Waals surface area contributed by atoms with Crippen molar-refractivity contribution in [1.82, 2.24) is 5.32 Å². The van der Waals surface area contributed by atoms with E-state index in [2.05, 4.69) is 10.1 Å². The summed E-state index contributed by atoms with van der Waals surface area (Å²) in [6.07, 6.45) is 0.606. The van der Waals surface area contributed by atoms with E-state index in [1.165, 1.54) is 0 Å². The number of alkyl carbamates (subject to hydrolysis) is 1. The largest absolute Gasteiger partial charge is 0.481 e. The van der Waals surface area contributed by atoms with Crippen molar-refractivity contribution in [2.45, 2.75) is 63.9 Å². The van der Waals surface area contributed by atoms with Crippen molar-refractivity contribution in [3.05, 3.63) is 0 Å². The molecule has 1 rings (SSSR count). The number of carbonyl (C=O) groups is 5. The van der Waals surface area contributed by atoms with Gasteiger partial charge in [-0.25, -0.2) is 9.59 Å². The number of carbonyl (C=O) groups excluding carboxylic acids is 3. The van der Waals surface area contributed by atoms with Crippen LogP contribution in [0, 0.1) is 5.41 Å². The second kappa shape index (κ2) is 10.7. The number of aliphatic hydroxyl groups is 1. The molecule has 0 radical (unpaired) electrons. The molecule has 1 aliphatic carbocycles. The Kier molecular flexibility index (Phi) is 9.02. The molecule has 4 N–H and O–H groups in total. The Labute approximate surface area is 167 Å². The summed E-state index contributed by atoms with van der Waals surface area (Å²) in [6, 6.07) is 0. The molecule has 1 fully saturated rings. The van der Waals surface area contributed by atoms with Gasteiger partial charge in [-0.15, -0.1) is 0 Å². The lowest BCUT2D eigenvalue weighted by atomic mass is 9.71. The van der Waals surface area contributed by atoms with Gasteiger partial charge in [-0.1, -0.05) is 19.3 Å². The Bertz CT molecular complexity index is 641. The molecule has 0 aromatic rings. The summed E-state index contributed by atoms with van der Waals surface area (Å²) >= 11 is 0. The van der Waals surface area contributed by atoms with Crippen LogP contribution in [0.25, 0.3) is 0 Å². The van der Waals surface area contributed by atoms with Gasteiger partial charge in [0.2, 0.25) is 0 Å². The Hall–Kier alpha value is -2.69. The average Bonchev–Trinajstić information content (AvgIpc) is 2.60. The molecule has 1 atom stereocenters. The number of aliphatic carboxylic acids is 2. The van der Waals surface area contributed by atoms with Crippen LogP contribution in [0.2, 0.25) is 0 Å². The highest BCUT2D eigenvalue weighted by molar-refractivity contribution is 5.92. The fourth-order valence-electron chi connectivity index (χ4n) is 3.37. The zero-order valence-corrected chi connectivity index (χ0v) is 16.3. The van der Waals surface area contributed by atoms with Gasteiger partial charge >= 0.3 is 30.0 Å². The van der Waals surface area contributed by atoms with Crippen molar-refractivity contribution in [3.63, 3.8) is 0 Å². The monoisotopic (exact) mass is 417 g/mol. The first-order chi connectivity index (χ1) is 13.5. The summed E-state index contributed by atoms with van der Waals surface area (Å²) in [5.41, 5.74) is -3.51. The average molecular weight is 417 g/mol. The van der Waals surface area contributed by atoms with Gasteiger partial charge in [0.1, 0.15) is 0 Å². The molecule has 0 bridgehead atoms. The first-order valence-corrected chi connectivity index (χ1v) is 9.34. The number of hydrogen-bond donors (Lipinski definition) is 4. The molecular formula is C18H27NO10. The number of rotatable bonds is 10. The van der Waals surface area contributed by atoms with Gasteiger partial charge in [-0.2, -0.15) is 0 Å². The third kappa shape index (κ3) is 8.06. The number of hydrogen-bond acceptors (Lipinski definition) is 8. The van der Waals surface area contributed by atoms with Gasteiger partial charge in [0, 0.05) is 6.54 Å². The van der Waals surface area contributed by atoms with E-state index in [0.717, 1.165) is 19.3 Å². The van der Waals surface area contributed by atoms with Crippen molar-refractivity contribution in [3.8, 4) is 0 Å². The van der Waals surface area contributed by atoms with Crippen LogP contribution in [0.1, 0.15) is 58.3 Å². The second-order valence-electron chi connectivity index (χ2n) is 7.24. The van der Waals surface area contributed by atoms with Crippen molar-refractivity contribution in [1.29, 1.82) is 0 Å². The molecule has 1 saturated carbocycles. The zero-order valence-electron chi connectivity index (χ0n) is 16.3. The maximum absolute atomic E-state index is 12.2. The lowest BCUT2D eigenvalue weighted by Gasteiger charge is -2.36. The van der Waals surface area contributed by atoms with E-state index < -0.39 is 53.8 Å². The Balaban J connectivity index is 2.72. The highest BCUT2D eigenvalue weighted by Gasteiger charge is 2.42. The molecule has 11 nitrogen and oxygen atoms in total. The number of ether oxygens (including phenoxy) is 2. The maximum atomic E-state index is 12.2. The van der Waals surface area contributed by atoms with Crippen LogP contribution in [0.5, 0.6) is 0 Å². The van der Waals surface area contributed by atoms with Crippen LogP contribution in [-0.2, 0) is 28.7 Å². The molecule has 1 unspecified atom stereocenters. The van der Waals surface area contributed by atoms with Crippen molar-refractivity contribution >= 4 is 30.0 Å². The first kappa shape index (κ1) is 24.3. The Morgan fingerprint density at radius 2 is 1.62 bits per heavy atom. The molecule has 164 valence electrons. The highest BCUT2D eigenvalue weighted by Crippen LogP contribution is 2.39. The summed E-state index contributed by atoms with van der Waals surface area (Å²) in [4.78, 5) is 57.5. The third-order valence-corrected chi connectivity index (χ3v) is 4.82. The maximum Gasteiger partial charge on any atom is 0.407 e. The topological polar surface area (TPSA) is 177 Å². The van der Waals surface area contributed by atoms with Gasteiger partial charge in [0.25, 0.3) is 0 Å². The van der Waals surface area contributed by atoms with Gasteiger partial charge in [0.05, 0.1) is 25.9 Å². The molecule has 0 heterocycles. The molecule has 29 heavy (non-hydrogen) atoms. The van der Waals surface area contributed by atoms with E-state index in [4.69, 9.17) is 14.9 Å². The molecular weight excluding hydrogens is 390 g/mol. The third-order valence-electron chi connectivity index (χ3n) is 4.82. The van der Waals surface area contributed by atoms with E-state index >= 15 is 0 Å². The van der Waals surface area contributed by atoms with Crippen LogP contribution >= 0.6 is 0 Å². The first-order valence-electron chi connectivity index (χ1n) is 9.34. The van der Waals surface area contributed by atoms with Crippen LogP contribution < -0.4 is 5.32 Å². The summed E-state index contributed by atoms with van der Waals surface area (Å²) < 4.78 is 9.43. The summed E-state index contributed by atoms with van der Waals surface area (Å²) in [5.74, 6) is -5.82. The molecule has 1 amide bonds. The van der Waals surface area contributed by atoms with Crippen LogP contribution in [-0.4, -0.2) is 64.0 Å². The lowest BCUT2D eigenvalue weighted by Crippen LogP contribution is -2.44. The SMILES string of the molecule is CCOC(=O)NCC1(CC(=O)OC(=O)CC(O)(CC(=O)O)C(=O)O)CCCCC1. The standard InChI is InChI=1S/C18H27NO10/c1-2-28-16(26)19-11-17(6-4-3-5-7-17)9-13(22)29-14(23)10-18(27,15(24)25)8-12(20)21/h27H,2-11H2,1H3,(H,19,26)(H,20,21)(H,24,25). The van der Waals surface area contributed by atoms with E-state index in [1.54, 1.807) is 6.92 Å². The fourth-order valence-corrected chi connectivity index (χ4v) is 3.37. The Morgan fingerprint density at radius 1 is 1.00 bits per heavy atom. The second-order valence-corrected chi connectivity index (χ2v) is 7.24. The van der Waals surface area contributed by atoms with Crippen LogP contribution in [0.3, 0.4) is 0 Å². The Morgan fingerprint density at radius 3 is 2.14 bits per heavy atom. The van der Waals surface area contributed by atoms with Crippen molar-refractivity contribution in [2.24, 2.45) is 5.41 Å². The van der Waals surface area contributed by atoms with Crippen LogP contribution in [0.4, 0.5) is 4.79 Å². The van der Waals surface area contributed by atoms with E-state index in [0.29, 0.717) is 12.8 Å². The van der Waals surface area contributed by atoms with E-state index in [9.17, 15) is 29.1 Å². The minimum absolute atomic E-state index is 0.146. The normalized spacial score (nSPS) is 17.4. The molecule has 0 aromatic heterocycles. The number of carboxylic acids is 2. The zero-order chi connectivity index (χ0) is 22.1. The summed E-state index contributed by atoms with van der Waals surface area (Å²) in [6.45, 7) is 1.99. The summed E-state index contributed by atoms with van der Waals surface area (Å²) in [5, 5.41) is 30.1. The van der Waals surface area contributed by atoms with Gasteiger partial charge in [-0.3, -0.25) is 14.4 Å². The molecule has 11 heteroatoms. The van der Waals surface area contributed by atoms with Gasteiger partial charge in [-0.05, 0) is 25.2 Å². The smallest absolute Gasteiger partial charge is 0.407 e. The molecule has 0 saturated heterocycles. The fraction of sp³-hybridized carbons (Fsp3) is 0.722. The number of carboxylic acid groups (broad SMARTS) is 2. The van der Waals surface area contributed by atoms with Crippen molar-refractivity contribution in [2.75, 3.05) is 13.2 Å². The highest BCUT2D eigenvalue weighted by atomic mass is 16.6. The predicted molar refractivity (Wildman–Crippen MR) is 95.7 cm³/mol. The minimum atomic E-state index is -2.88. The summed E-state index contributed by atoms with van der Waals surface area (Å²) in [7, 11) is 0. The van der Waals surface area contributed by atoms with E-state index in [-0.39, 0.29) is 19.6 Å². The lowest BCUT2D eigenvalue weighted by molar-refractivity contribution is -0.175. The molecule has 1 aliphatic rings. The quantitative estimate of drug-likeness (QED) is 0.294. The molecule has 0 aromatic carbocycles. The number of amides is 1. The molecule has 0 spiro atoms. The predicted octanol–water partition coefficient (Wildman–Crippen LogP) is 0.823.